The van der Waals surface area contributed by atoms with Crippen LogP contribution in [-0.4, -0.2) is 22.1 Å². The monoisotopic (exact) mass is 710 g/mol. The maximum Gasteiger partial charge on any atom is 0.411 e. The van der Waals surface area contributed by atoms with Crippen molar-refractivity contribution in [3.05, 3.63) is 109 Å². The molecule has 0 nitrogen and oxygen atoms in total. The molecule has 44 heavy (non-hydrogen) atoms. The molecule has 0 saturated carbocycles. The van der Waals surface area contributed by atoms with Crippen molar-refractivity contribution in [1.29, 1.82) is 0 Å². The van der Waals surface area contributed by atoms with Crippen LogP contribution in [0.3, 0.4) is 0 Å². The van der Waals surface area contributed by atoms with Crippen LogP contribution in [0.5, 0.6) is 0 Å². The van der Waals surface area contributed by atoms with E-state index in [2.05, 4.69) is 0 Å². The van der Waals surface area contributed by atoms with Crippen molar-refractivity contribution in [2.45, 2.75) is 76.3 Å². The molecular weight excluding hydrogens is 671 g/mol. The van der Waals surface area contributed by atoms with Gasteiger partial charge in [-0.3, -0.25) is 0 Å². The maximum atomic E-state index is 14.8. The van der Waals surface area contributed by atoms with Gasteiger partial charge in [0.25, 0.3) is 0 Å². The van der Waals surface area contributed by atoms with Crippen molar-refractivity contribution in [1.82, 2.24) is 0 Å². The predicted molar refractivity (Wildman–Crippen MR) is 176 cm³/mol. The first-order valence-corrected chi connectivity index (χ1v) is 18.0. The van der Waals surface area contributed by atoms with Gasteiger partial charge in [-0.15, -0.1) is 24.1 Å². The van der Waals surface area contributed by atoms with E-state index in [-0.39, 0.29) is 54.2 Å². The Bertz CT molecular complexity index is 1280. The zero-order valence-electron chi connectivity index (χ0n) is 25.9. The first kappa shape index (κ1) is 38.7. The fourth-order valence-electron chi connectivity index (χ4n) is 5.90. The van der Waals surface area contributed by atoms with Crippen LogP contribution in [0.4, 0.5) is 26.3 Å². The van der Waals surface area contributed by atoms with Gasteiger partial charge >= 0.3 is 11.8 Å². The van der Waals surface area contributed by atoms with E-state index >= 15 is 0 Å². The third kappa shape index (κ3) is 9.77. The molecular formula is C34H39F6FeP3-6. The standard InChI is InChI=1S/C29H34F6P3.C5H5.Fe/c1-20(38(26(2,3)4)27(5,6)7)25-23(36(28(30,31)32)21-14-10-8-11-15-21)18-19-24(25)37(29(33,34)35)22-16-12-9-13-17-22;1-2-4-5-3-1;/h8-20H,1-7H3;1-5H;/q-1;-5;. The molecule has 0 aliphatic heterocycles. The van der Waals surface area contributed by atoms with Gasteiger partial charge in [0, 0.05) is 32.9 Å². The smallest absolute Gasteiger partial charge is 0.411 e. The minimum absolute atomic E-state index is 0. The van der Waals surface area contributed by atoms with Crippen LogP contribution < -0.4 is 21.2 Å². The van der Waals surface area contributed by atoms with Gasteiger partial charge in [0.05, 0.1) is 0 Å². The van der Waals surface area contributed by atoms with Gasteiger partial charge in [-0.25, -0.2) is 12.1 Å². The Morgan fingerprint density at radius 3 is 1.09 bits per heavy atom. The summed E-state index contributed by atoms with van der Waals surface area (Å²) in [5.74, 6) is -9.23. The fraction of sp³-hybridized carbons (Fsp3) is 0.353. The maximum absolute atomic E-state index is 14.8. The molecule has 0 fully saturated rings. The summed E-state index contributed by atoms with van der Waals surface area (Å²) in [6.07, 6.45) is 0. The van der Waals surface area contributed by atoms with Gasteiger partial charge in [-0.05, 0) is 26.6 Å². The molecule has 0 aliphatic rings. The van der Waals surface area contributed by atoms with Crippen molar-refractivity contribution in [2.24, 2.45) is 0 Å². The minimum atomic E-state index is -4.61. The first-order chi connectivity index (χ1) is 19.8. The summed E-state index contributed by atoms with van der Waals surface area (Å²) in [6, 6.07) is 27.9. The second-order valence-corrected chi connectivity index (χ2v) is 20.7. The molecule has 0 aliphatic carbocycles. The van der Waals surface area contributed by atoms with E-state index in [9.17, 15) is 26.3 Å². The van der Waals surface area contributed by atoms with E-state index < -0.39 is 41.3 Å². The Morgan fingerprint density at radius 1 is 0.545 bits per heavy atom. The minimum Gasteiger partial charge on any atom is -0.748 e. The third-order valence-corrected chi connectivity index (χ3v) is 15.1. The molecule has 3 unspecified atom stereocenters. The summed E-state index contributed by atoms with van der Waals surface area (Å²) in [4.78, 5) is 0. The van der Waals surface area contributed by atoms with E-state index in [0.29, 0.717) is 0 Å². The van der Waals surface area contributed by atoms with Crippen LogP contribution in [0.25, 0.3) is 0 Å². The van der Waals surface area contributed by atoms with Crippen molar-refractivity contribution in [3.63, 3.8) is 0 Å². The van der Waals surface area contributed by atoms with Gasteiger partial charge in [-0.2, -0.15) is 26.3 Å². The van der Waals surface area contributed by atoms with Crippen LogP contribution in [0, 0.1) is 0 Å². The van der Waals surface area contributed by atoms with Crippen molar-refractivity contribution < 1.29 is 43.4 Å². The average Bonchev–Trinajstić information content (AvgIpc) is 3.57. The molecule has 4 aromatic carbocycles. The molecule has 0 amide bonds. The Balaban J connectivity index is 0.00000102. The van der Waals surface area contributed by atoms with E-state index in [0.717, 1.165) is 0 Å². The first-order valence-electron chi connectivity index (χ1n) is 13.9. The molecule has 0 saturated heterocycles. The van der Waals surface area contributed by atoms with E-state index in [1.165, 1.54) is 36.4 Å². The summed E-state index contributed by atoms with van der Waals surface area (Å²) < 4.78 is 88.7. The van der Waals surface area contributed by atoms with Gasteiger partial charge < -0.3 is 30.3 Å². The van der Waals surface area contributed by atoms with E-state index in [4.69, 9.17) is 0 Å². The summed E-state index contributed by atoms with van der Waals surface area (Å²) in [7, 11) is -6.85. The second-order valence-electron chi connectivity index (χ2n) is 12.1. The number of hydrogen-bond donors (Lipinski definition) is 0. The second kappa shape index (κ2) is 15.4. The molecule has 0 aromatic heterocycles. The molecule has 3 atom stereocenters. The molecule has 10 heteroatoms. The number of alkyl halides is 6. The normalized spacial score (nSPS) is 14.7. The van der Waals surface area contributed by atoms with Crippen LogP contribution in [0.1, 0.15) is 59.7 Å². The van der Waals surface area contributed by atoms with Crippen LogP contribution in [0.15, 0.2) is 103 Å². The van der Waals surface area contributed by atoms with E-state index in [1.54, 1.807) is 36.4 Å². The van der Waals surface area contributed by atoms with Crippen LogP contribution in [0.2, 0.25) is 0 Å². The van der Waals surface area contributed by atoms with Crippen LogP contribution >= 0.6 is 23.8 Å². The summed E-state index contributed by atoms with van der Waals surface area (Å²) in [6.45, 7) is 14.1. The largest absolute Gasteiger partial charge is 0.748 e. The Morgan fingerprint density at radius 2 is 0.841 bits per heavy atom. The Hall–Kier alpha value is -1.47. The zero-order chi connectivity index (χ0) is 32.2. The molecule has 0 radical (unpaired) electrons. The van der Waals surface area contributed by atoms with Gasteiger partial charge in [-0.1, -0.05) is 109 Å². The van der Waals surface area contributed by atoms with Gasteiger partial charge in [0.1, 0.15) is 0 Å². The SMILES string of the molecule is CC([c-]1c(P(c2ccccc2)C(F)(F)F)ccc1P(c1ccccc1)C(F)(F)F)P(C(C)(C)C)C(C)(C)C.[Fe].[cH-]1[cH-][cH-][cH-][cH-]1. The van der Waals surface area contributed by atoms with E-state index in [1.807, 2.05) is 78.8 Å². The Labute approximate surface area is 272 Å². The molecule has 4 aromatic rings. The molecule has 0 heterocycles. The predicted octanol–water partition coefficient (Wildman–Crippen LogP) is 10.9. The quantitative estimate of drug-likeness (QED) is 0.0809. The average molecular weight is 710 g/mol. The van der Waals surface area contributed by atoms with Crippen molar-refractivity contribution in [3.8, 4) is 0 Å². The van der Waals surface area contributed by atoms with Gasteiger partial charge in [0.2, 0.25) is 0 Å². The van der Waals surface area contributed by atoms with Crippen LogP contribution in [-0.2, 0) is 17.1 Å². The molecule has 0 bridgehead atoms. The number of benzene rings is 2. The van der Waals surface area contributed by atoms with Crippen molar-refractivity contribution in [2.75, 3.05) is 0 Å². The van der Waals surface area contributed by atoms with Gasteiger partial charge in [0.15, 0.2) is 0 Å². The topological polar surface area (TPSA) is 0 Å². The summed E-state index contributed by atoms with van der Waals surface area (Å²) >= 11 is 0. The summed E-state index contributed by atoms with van der Waals surface area (Å²) in [5.41, 5.74) is -0.252. The fourth-order valence-corrected chi connectivity index (χ4v) is 15.3. The Kier molecular flexibility index (Phi) is 13.6. The third-order valence-electron chi connectivity index (χ3n) is 6.77. The molecule has 246 valence electrons. The zero-order valence-corrected chi connectivity index (χ0v) is 29.6. The molecule has 0 spiro atoms. The molecule has 0 N–H and O–H groups in total. The number of halogens is 6. The number of rotatable bonds is 6. The van der Waals surface area contributed by atoms with Crippen molar-refractivity contribution >= 4 is 45.0 Å². The number of hydrogen-bond acceptors (Lipinski definition) is 0. The molecule has 4 rings (SSSR count). The summed E-state index contributed by atoms with van der Waals surface area (Å²) in [5, 5.41) is -0.439.